The van der Waals surface area contributed by atoms with E-state index in [1.165, 1.54) is 89.9 Å². The van der Waals surface area contributed by atoms with Crippen LogP contribution >= 0.6 is 0 Å². The standard InChI is InChI=1S/C44H86N6O9/c1-3-5-7-9-11-13-15-17-19-24-40(51)47-29-31-56-33-35-58-37-42(53)46-27-22-21-23-39(44(55)49-28-26-45)50-43(54)38-59-36-34-57-32-30-48-41(52)25-20-18-16-14-12-10-8-6-4-2/h39H,3-38,45H2,1-2H3,(H,46,53)(H,47,51)(H,48,52)(H,49,55)(H,50,54). The van der Waals surface area contributed by atoms with Gasteiger partial charge in [-0.3, -0.25) is 24.0 Å². The fourth-order valence-electron chi connectivity index (χ4n) is 6.24. The highest BCUT2D eigenvalue weighted by atomic mass is 16.5. The van der Waals surface area contributed by atoms with E-state index in [1.807, 2.05) is 0 Å². The number of nitrogens with one attached hydrogen (secondary N) is 5. The molecule has 59 heavy (non-hydrogen) atoms. The largest absolute Gasteiger partial charge is 0.377 e. The Kier molecular flexibility index (Phi) is 42.5. The third-order valence-corrected chi connectivity index (χ3v) is 9.70. The molecular weight excluding hydrogens is 757 g/mol. The number of rotatable bonds is 45. The number of hydrogen-bond acceptors (Lipinski definition) is 10. The average Bonchev–Trinajstić information content (AvgIpc) is 3.22. The minimum Gasteiger partial charge on any atom is -0.377 e. The fourth-order valence-corrected chi connectivity index (χ4v) is 6.24. The van der Waals surface area contributed by atoms with Crippen molar-refractivity contribution in [3.8, 4) is 0 Å². The van der Waals surface area contributed by atoms with E-state index in [-0.39, 0.29) is 69.8 Å². The molecule has 0 bridgehead atoms. The molecule has 346 valence electrons. The summed E-state index contributed by atoms with van der Waals surface area (Å²) in [4.78, 5) is 61.3. The zero-order valence-electron chi connectivity index (χ0n) is 37.3. The van der Waals surface area contributed by atoms with Crippen LogP contribution in [0.4, 0.5) is 0 Å². The van der Waals surface area contributed by atoms with Crippen molar-refractivity contribution >= 4 is 29.5 Å². The molecule has 0 fully saturated rings. The van der Waals surface area contributed by atoms with Crippen molar-refractivity contribution in [3.05, 3.63) is 0 Å². The first-order chi connectivity index (χ1) is 28.8. The summed E-state index contributed by atoms with van der Waals surface area (Å²) < 4.78 is 21.8. The van der Waals surface area contributed by atoms with Crippen LogP contribution in [0.25, 0.3) is 0 Å². The van der Waals surface area contributed by atoms with Gasteiger partial charge in [-0.15, -0.1) is 0 Å². The highest BCUT2D eigenvalue weighted by molar-refractivity contribution is 5.88. The van der Waals surface area contributed by atoms with Gasteiger partial charge in [0.05, 0.1) is 39.6 Å². The maximum absolute atomic E-state index is 12.6. The van der Waals surface area contributed by atoms with Crippen LogP contribution in [0.2, 0.25) is 0 Å². The molecule has 0 saturated heterocycles. The first-order valence-electron chi connectivity index (χ1n) is 23.2. The first kappa shape index (κ1) is 56.1. The Morgan fingerprint density at radius 2 is 0.847 bits per heavy atom. The molecule has 5 amide bonds. The second-order valence-corrected chi connectivity index (χ2v) is 15.2. The topological polar surface area (TPSA) is 208 Å². The monoisotopic (exact) mass is 843 g/mol. The van der Waals surface area contributed by atoms with Crippen molar-refractivity contribution in [1.29, 1.82) is 0 Å². The van der Waals surface area contributed by atoms with E-state index in [0.717, 1.165) is 25.7 Å². The first-order valence-corrected chi connectivity index (χ1v) is 23.2. The van der Waals surface area contributed by atoms with Gasteiger partial charge in [0.1, 0.15) is 19.3 Å². The van der Waals surface area contributed by atoms with E-state index in [4.69, 9.17) is 24.7 Å². The van der Waals surface area contributed by atoms with Gasteiger partial charge < -0.3 is 51.3 Å². The number of unbranched alkanes of at least 4 members (excludes halogenated alkanes) is 17. The van der Waals surface area contributed by atoms with Gasteiger partial charge in [-0.1, -0.05) is 117 Å². The molecule has 1 atom stereocenters. The lowest BCUT2D eigenvalue weighted by molar-refractivity contribution is -0.132. The lowest BCUT2D eigenvalue weighted by Gasteiger charge is -2.18. The van der Waals surface area contributed by atoms with E-state index < -0.39 is 11.9 Å². The Morgan fingerprint density at radius 3 is 1.32 bits per heavy atom. The molecule has 0 saturated carbocycles. The second kappa shape index (κ2) is 44.7. The summed E-state index contributed by atoms with van der Waals surface area (Å²) >= 11 is 0. The highest BCUT2D eigenvalue weighted by Crippen LogP contribution is 2.11. The molecule has 0 aromatic carbocycles. The van der Waals surface area contributed by atoms with Crippen molar-refractivity contribution in [3.63, 3.8) is 0 Å². The van der Waals surface area contributed by atoms with Gasteiger partial charge in [-0.05, 0) is 32.1 Å². The predicted octanol–water partition coefficient (Wildman–Crippen LogP) is 4.97. The van der Waals surface area contributed by atoms with Gasteiger partial charge in [0.2, 0.25) is 29.5 Å². The lowest BCUT2D eigenvalue weighted by Crippen LogP contribution is -2.48. The second-order valence-electron chi connectivity index (χ2n) is 15.2. The molecule has 0 radical (unpaired) electrons. The Labute approximate surface area is 357 Å². The van der Waals surface area contributed by atoms with Crippen LogP contribution < -0.4 is 32.3 Å². The number of ether oxygens (including phenoxy) is 4. The van der Waals surface area contributed by atoms with Crippen molar-refractivity contribution in [1.82, 2.24) is 26.6 Å². The molecule has 0 spiro atoms. The van der Waals surface area contributed by atoms with Gasteiger partial charge in [0.25, 0.3) is 0 Å². The summed E-state index contributed by atoms with van der Waals surface area (Å²) in [5, 5.41) is 14.0. The number of hydrogen-bond donors (Lipinski definition) is 6. The van der Waals surface area contributed by atoms with Crippen LogP contribution in [0.15, 0.2) is 0 Å². The zero-order chi connectivity index (χ0) is 43.3. The van der Waals surface area contributed by atoms with Gasteiger partial charge in [0, 0.05) is 45.6 Å². The molecule has 0 aromatic heterocycles. The quantitative estimate of drug-likeness (QED) is 0.0454. The predicted molar refractivity (Wildman–Crippen MR) is 234 cm³/mol. The number of amides is 5. The average molecular weight is 843 g/mol. The van der Waals surface area contributed by atoms with Gasteiger partial charge in [0.15, 0.2) is 0 Å². The fraction of sp³-hybridized carbons (Fsp3) is 0.886. The molecular formula is C44H86N6O9. The number of carbonyl (C=O) groups excluding carboxylic acids is 5. The summed E-state index contributed by atoms with van der Waals surface area (Å²) in [6, 6.07) is -0.764. The summed E-state index contributed by atoms with van der Waals surface area (Å²) in [7, 11) is 0. The third kappa shape index (κ3) is 41.7. The summed E-state index contributed by atoms with van der Waals surface area (Å²) in [6.45, 7) is 7.74. The third-order valence-electron chi connectivity index (χ3n) is 9.70. The van der Waals surface area contributed by atoms with Crippen LogP contribution in [-0.2, 0) is 42.9 Å². The Morgan fingerprint density at radius 1 is 0.424 bits per heavy atom. The van der Waals surface area contributed by atoms with E-state index in [2.05, 4.69) is 40.4 Å². The lowest BCUT2D eigenvalue weighted by atomic mass is 10.1. The molecule has 0 heterocycles. The number of carbonyl (C=O) groups is 5. The molecule has 1 unspecified atom stereocenters. The number of nitrogens with two attached hydrogens (primary N) is 1. The van der Waals surface area contributed by atoms with E-state index in [9.17, 15) is 24.0 Å². The van der Waals surface area contributed by atoms with E-state index >= 15 is 0 Å². The SMILES string of the molecule is CCCCCCCCCCCC(=O)NCCOCCOCC(=O)NCCCCC(NC(=O)COCCOCCNC(=O)CCCCCCCCCCC)C(=O)NCCN. The van der Waals surface area contributed by atoms with Crippen LogP contribution in [0.3, 0.4) is 0 Å². The van der Waals surface area contributed by atoms with Gasteiger partial charge in [-0.2, -0.15) is 0 Å². The Bertz CT molecular complexity index is 1020. The smallest absolute Gasteiger partial charge is 0.246 e. The summed E-state index contributed by atoms with van der Waals surface area (Å²) in [5.74, 6) is -0.920. The zero-order valence-corrected chi connectivity index (χ0v) is 37.3. The van der Waals surface area contributed by atoms with Crippen LogP contribution in [0.1, 0.15) is 162 Å². The maximum Gasteiger partial charge on any atom is 0.246 e. The molecule has 0 aliphatic carbocycles. The van der Waals surface area contributed by atoms with E-state index in [0.29, 0.717) is 71.6 Å². The molecule has 0 rings (SSSR count). The minimum absolute atomic E-state index is 0.0386. The molecule has 15 heteroatoms. The summed E-state index contributed by atoms with van der Waals surface area (Å²) in [5.41, 5.74) is 5.52. The normalized spacial score (nSPS) is 11.6. The van der Waals surface area contributed by atoms with Gasteiger partial charge >= 0.3 is 0 Å². The van der Waals surface area contributed by atoms with Crippen LogP contribution in [-0.4, -0.2) is 121 Å². The van der Waals surface area contributed by atoms with E-state index in [1.54, 1.807) is 0 Å². The van der Waals surface area contributed by atoms with Crippen molar-refractivity contribution < 1.29 is 42.9 Å². The minimum atomic E-state index is -0.764. The molecule has 0 aliphatic heterocycles. The molecule has 15 nitrogen and oxygen atoms in total. The Hall–Kier alpha value is -2.85. The van der Waals surface area contributed by atoms with Crippen LogP contribution in [0, 0.1) is 0 Å². The van der Waals surface area contributed by atoms with Crippen LogP contribution in [0.5, 0.6) is 0 Å². The van der Waals surface area contributed by atoms with Gasteiger partial charge in [-0.25, -0.2) is 0 Å². The summed E-state index contributed by atoms with van der Waals surface area (Å²) in [6.07, 6.45) is 24.6. The Balaban J connectivity index is 3.88. The molecule has 0 aliphatic rings. The maximum atomic E-state index is 12.6. The van der Waals surface area contributed by atoms with Crippen molar-refractivity contribution in [2.45, 2.75) is 168 Å². The van der Waals surface area contributed by atoms with Crippen molar-refractivity contribution in [2.24, 2.45) is 5.73 Å². The highest BCUT2D eigenvalue weighted by Gasteiger charge is 2.20. The van der Waals surface area contributed by atoms with Crippen molar-refractivity contribution in [2.75, 3.05) is 85.6 Å². The molecule has 7 N–H and O–H groups in total. The molecule has 0 aromatic rings.